The van der Waals surface area contributed by atoms with Crippen LogP contribution in [-0.4, -0.2) is 55.9 Å². The van der Waals surface area contributed by atoms with Crippen molar-refractivity contribution in [3.8, 4) is 5.75 Å². The van der Waals surface area contributed by atoms with Crippen LogP contribution in [0.1, 0.15) is 5.56 Å². The van der Waals surface area contributed by atoms with Gasteiger partial charge < -0.3 is 4.74 Å². The van der Waals surface area contributed by atoms with E-state index >= 15 is 0 Å². The van der Waals surface area contributed by atoms with Crippen molar-refractivity contribution in [2.45, 2.75) is 4.90 Å². The van der Waals surface area contributed by atoms with Crippen LogP contribution in [-0.2, 0) is 10.1 Å². The first kappa shape index (κ1) is 18.7. The molecule has 0 aromatic heterocycles. The average molecular weight is 329 g/mol. The molecule has 0 aliphatic carbocycles. The molecular weight excluding hydrogens is 315 g/mol. The molecule has 0 amide bonds. The Labute approximate surface area is 151 Å². The van der Waals surface area contributed by atoms with Crippen LogP contribution in [0.3, 0.4) is 0 Å². The molecule has 0 bridgehead atoms. The van der Waals surface area contributed by atoms with Crippen LogP contribution in [0, 0.1) is 0 Å². The molecule has 0 saturated carbocycles. The zero-order valence-corrected chi connectivity index (χ0v) is 15.0. The second-order valence-corrected chi connectivity index (χ2v) is 5.56. The minimum Gasteiger partial charge on any atom is -0.497 e. The third kappa shape index (κ3) is 5.43. The van der Waals surface area contributed by atoms with Crippen molar-refractivity contribution in [3.05, 3.63) is 54.1 Å². The average Bonchev–Trinajstić information content (AvgIpc) is 2.47. The number of rotatable bonds is 5. The monoisotopic (exact) mass is 329 g/mol. The third-order valence-corrected chi connectivity index (χ3v) is 3.54. The summed E-state index contributed by atoms with van der Waals surface area (Å²) < 4.78 is 35.7. The minimum absolute atomic E-state index is 0. The fourth-order valence-electron chi connectivity index (χ4n) is 1.57. The molecule has 0 unspecified atom stereocenters. The SMILES string of the molecule is COc1ccc(C=NNc2ccc(S(=O)(=O)O)cc2)cc1.[Na]. The van der Waals surface area contributed by atoms with Gasteiger partial charge in [-0.2, -0.15) is 13.5 Å². The van der Waals surface area contributed by atoms with Crippen molar-refractivity contribution in [2.24, 2.45) is 5.10 Å². The number of nitrogens with zero attached hydrogens (tertiary/aromatic N) is 1. The van der Waals surface area contributed by atoms with Gasteiger partial charge in [-0.15, -0.1) is 0 Å². The maximum absolute atomic E-state index is 10.9. The molecular formula is C14H14N2NaO4S. The largest absolute Gasteiger partial charge is 0.497 e. The summed E-state index contributed by atoms with van der Waals surface area (Å²) >= 11 is 0. The van der Waals surface area contributed by atoms with Crippen LogP contribution in [0.25, 0.3) is 0 Å². The molecule has 0 atom stereocenters. The van der Waals surface area contributed by atoms with Crippen LogP contribution in [0.2, 0.25) is 0 Å². The number of hydrogen-bond donors (Lipinski definition) is 2. The molecule has 0 aliphatic rings. The van der Waals surface area contributed by atoms with E-state index in [2.05, 4.69) is 10.5 Å². The summed E-state index contributed by atoms with van der Waals surface area (Å²) in [7, 11) is -2.57. The number of anilines is 1. The predicted molar refractivity (Wildman–Crippen MR) is 86.2 cm³/mol. The molecule has 2 rings (SSSR count). The van der Waals surface area contributed by atoms with Gasteiger partial charge in [-0.25, -0.2) is 0 Å². The Bertz CT molecular complexity index is 728. The third-order valence-electron chi connectivity index (χ3n) is 2.68. The van der Waals surface area contributed by atoms with Gasteiger partial charge in [0.05, 0.1) is 23.9 Å². The molecule has 0 heterocycles. The van der Waals surface area contributed by atoms with Crippen molar-refractivity contribution >= 4 is 51.6 Å². The Morgan fingerprint density at radius 1 is 1.09 bits per heavy atom. The molecule has 0 fully saturated rings. The Morgan fingerprint density at radius 3 is 2.18 bits per heavy atom. The second-order valence-electron chi connectivity index (χ2n) is 4.14. The molecule has 6 nitrogen and oxygen atoms in total. The summed E-state index contributed by atoms with van der Waals surface area (Å²) in [6, 6.07) is 12.9. The van der Waals surface area contributed by atoms with Crippen molar-refractivity contribution in [2.75, 3.05) is 12.5 Å². The molecule has 0 aliphatic heterocycles. The molecule has 22 heavy (non-hydrogen) atoms. The van der Waals surface area contributed by atoms with Crippen molar-refractivity contribution < 1.29 is 17.7 Å². The predicted octanol–water partition coefficient (Wildman–Crippen LogP) is 2.01. The molecule has 2 aromatic rings. The quantitative estimate of drug-likeness (QED) is 0.379. The van der Waals surface area contributed by atoms with Gasteiger partial charge in [0.25, 0.3) is 10.1 Å². The van der Waals surface area contributed by atoms with Gasteiger partial charge in [-0.3, -0.25) is 9.98 Å². The van der Waals surface area contributed by atoms with E-state index in [1.807, 2.05) is 24.3 Å². The van der Waals surface area contributed by atoms with Crippen LogP contribution in [0.5, 0.6) is 5.75 Å². The summed E-state index contributed by atoms with van der Waals surface area (Å²) in [4.78, 5) is -0.160. The van der Waals surface area contributed by atoms with E-state index < -0.39 is 10.1 Å². The maximum Gasteiger partial charge on any atom is 0.294 e. The summed E-state index contributed by atoms with van der Waals surface area (Å²) in [5.74, 6) is 0.765. The normalized spacial score (nSPS) is 11.0. The number of nitrogens with one attached hydrogen (secondary N) is 1. The van der Waals surface area contributed by atoms with Crippen molar-refractivity contribution in [1.29, 1.82) is 0 Å². The number of methoxy groups -OCH3 is 1. The van der Waals surface area contributed by atoms with Crippen LogP contribution in [0.15, 0.2) is 58.5 Å². The second kappa shape index (κ2) is 8.30. The number of benzene rings is 2. The van der Waals surface area contributed by atoms with Crippen LogP contribution < -0.4 is 10.2 Å². The van der Waals surface area contributed by atoms with Gasteiger partial charge in [0.2, 0.25) is 0 Å². The van der Waals surface area contributed by atoms with E-state index in [0.717, 1.165) is 11.3 Å². The van der Waals surface area contributed by atoms with Crippen LogP contribution in [0.4, 0.5) is 5.69 Å². The molecule has 1 radical (unpaired) electrons. The van der Waals surface area contributed by atoms with E-state index in [1.165, 1.54) is 24.3 Å². The molecule has 8 heteroatoms. The topological polar surface area (TPSA) is 88.0 Å². The fourth-order valence-corrected chi connectivity index (χ4v) is 2.05. The van der Waals surface area contributed by atoms with Gasteiger partial charge in [-0.05, 0) is 54.1 Å². The smallest absolute Gasteiger partial charge is 0.294 e. The standard InChI is InChI=1S/C14H14N2O4S.Na/c1-20-13-6-2-11(3-7-13)10-15-16-12-4-8-14(9-5-12)21(17,18)19;/h2-10,16H,1H3,(H,17,18,19);. The first-order valence-electron chi connectivity index (χ1n) is 6.00. The molecule has 0 spiro atoms. The first-order valence-corrected chi connectivity index (χ1v) is 7.44. The van der Waals surface area contributed by atoms with Crippen LogP contribution >= 0.6 is 0 Å². The Balaban J connectivity index is 0.00000242. The Morgan fingerprint density at radius 2 is 1.68 bits per heavy atom. The zero-order chi connectivity index (χ0) is 15.3. The Kier molecular flexibility index (Phi) is 7.05. The summed E-state index contributed by atoms with van der Waals surface area (Å²) in [6.07, 6.45) is 1.62. The molecule has 111 valence electrons. The molecule has 2 aromatic carbocycles. The van der Waals surface area contributed by atoms with E-state index in [4.69, 9.17) is 9.29 Å². The molecule has 0 saturated heterocycles. The maximum atomic E-state index is 10.9. The van der Waals surface area contributed by atoms with E-state index in [9.17, 15) is 8.42 Å². The van der Waals surface area contributed by atoms with Gasteiger partial charge in [0, 0.05) is 29.6 Å². The van der Waals surface area contributed by atoms with Crippen molar-refractivity contribution in [1.82, 2.24) is 0 Å². The first-order chi connectivity index (χ1) is 9.99. The summed E-state index contributed by atoms with van der Waals surface area (Å²) in [5, 5.41) is 4.03. The van der Waals surface area contributed by atoms with Gasteiger partial charge in [-0.1, -0.05) is 0 Å². The zero-order valence-electron chi connectivity index (χ0n) is 12.2. The summed E-state index contributed by atoms with van der Waals surface area (Å²) in [5.41, 5.74) is 4.25. The molecule has 2 N–H and O–H groups in total. The Hall–Kier alpha value is -1.38. The van der Waals surface area contributed by atoms with Gasteiger partial charge in [0.15, 0.2) is 0 Å². The fraction of sp³-hybridized carbons (Fsp3) is 0.0714. The summed E-state index contributed by atoms with van der Waals surface area (Å²) in [6.45, 7) is 0. The van der Waals surface area contributed by atoms with E-state index in [0.29, 0.717) is 5.69 Å². The van der Waals surface area contributed by atoms with E-state index in [1.54, 1.807) is 13.3 Å². The number of ether oxygens (including phenoxy) is 1. The van der Waals surface area contributed by atoms with Gasteiger partial charge >= 0.3 is 0 Å². The van der Waals surface area contributed by atoms with E-state index in [-0.39, 0.29) is 34.5 Å². The van der Waals surface area contributed by atoms with Crippen molar-refractivity contribution in [3.63, 3.8) is 0 Å². The number of hydrazone groups is 1. The minimum atomic E-state index is -4.17. The number of hydrogen-bond acceptors (Lipinski definition) is 5. The van der Waals surface area contributed by atoms with Gasteiger partial charge in [0.1, 0.15) is 5.75 Å².